The number of benzene rings is 3. The molecule has 0 radical (unpaired) electrons. The lowest BCUT2D eigenvalue weighted by atomic mass is 10.2. The van der Waals surface area contributed by atoms with Gasteiger partial charge in [0.25, 0.3) is 5.69 Å². The molecule has 0 amide bonds. The molecular formula is C22H21Cl2N7O3. The zero-order valence-corrected chi connectivity index (χ0v) is 19.4. The molecule has 0 atom stereocenters. The number of tetrazole rings is 1. The first-order valence-electron chi connectivity index (χ1n) is 10.1. The van der Waals surface area contributed by atoms with Gasteiger partial charge < -0.3 is 15.4 Å². The Hall–Kier alpha value is -3.73. The topological polar surface area (TPSA) is 120 Å². The van der Waals surface area contributed by atoms with Crippen molar-refractivity contribution in [3.8, 4) is 17.4 Å². The molecule has 176 valence electrons. The monoisotopic (exact) mass is 501 g/mol. The molecule has 4 aromatic rings. The minimum absolute atomic E-state index is 0. The fourth-order valence-electron chi connectivity index (χ4n) is 3.08. The van der Waals surface area contributed by atoms with E-state index in [9.17, 15) is 10.1 Å². The molecule has 3 aromatic carbocycles. The van der Waals surface area contributed by atoms with Crippen LogP contribution in [0.5, 0.6) is 11.8 Å². The normalized spacial score (nSPS) is 10.4. The van der Waals surface area contributed by atoms with Crippen molar-refractivity contribution in [2.45, 2.75) is 6.54 Å². The number of nitro groups is 1. The number of non-ortho nitro benzene ring substituents is 1. The van der Waals surface area contributed by atoms with Crippen LogP contribution in [-0.4, -0.2) is 38.2 Å². The van der Waals surface area contributed by atoms with Gasteiger partial charge in [-0.3, -0.25) is 10.1 Å². The number of halogens is 2. The molecule has 1 aromatic heterocycles. The Morgan fingerprint density at radius 1 is 1.03 bits per heavy atom. The van der Waals surface area contributed by atoms with Gasteiger partial charge in [0, 0.05) is 31.8 Å². The molecule has 12 heteroatoms. The smallest absolute Gasteiger partial charge is 0.345 e. The van der Waals surface area contributed by atoms with Gasteiger partial charge in [0.15, 0.2) is 0 Å². The molecule has 0 saturated carbocycles. The summed E-state index contributed by atoms with van der Waals surface area (Å²) < 4.78 is 7.42. The first kappa shape index (κ1) is 24.9. The molecule has 0 aliphatic rings. The summed E-state index contributed by atoms with van der Waals surface area (Å²) in [7, 11) is 0. The molecule has 1 heterocycles. The van der Waals surface area contributed by atoms with E-state index >= 15 is 0 Å². The number of aromatic nitrogens is 4. The van der Waals surface area contributed by atoms with E-state index in [-0.39, 0.29) is 24.1 Å². The van der Waals surface area contributed by atoms with Crippen molar-refractivity contribution < 1.29 is 9.66 Å². The second-order valence-corrected chi connectivity index (χ2v) is 7.39. The van der Waals surface area contributed by atoms with Crippen LogP contribution in [0, 0.1) is 10.1 Å². The van der Waals surface area contributed by atoms with Crippen LogP contribution in [0.3, 0.4) is 0 Å². The fraction of sp³-hybridized carbons (Fsp3) is 0.136. The van der Waals surface area contributed by atoms with Crippen molar-refractivity contribution in [1.82, 2.24) is 25.5 Å². The van der Waals surface area contributed by atoms with Crippen molar-refractivity contribution in [3.05, 3.63) is 93.5 Å². The van der Waals surface area contributed by atoms with Gasteiger partial charge in [0.2, 0.25) is 0 Å². The number of hydrogen-bond acceptors (Lipinski definition) is 8. The Balaban J connectivity index is 0.00000324. The van der Waals surface area contributed by atoms with Gasteiger partial charge in [0.05, 0.1) is 21.3 Å². The summed E-state index contributed by atoms with van der Waals surface area (Å²) in [5.41, 5.74) is 2.44. The van der Waals surface area contributed by atoms with Crippen molar-refractivity contribution in [1.29, 1.82) is 0 Å². The van der Waals surface area contributed by atoms with E-state index in [0.717, 1.165) is 11.3 Å². The van der Waals surface area contributed by atoms with Gasteiger partial charge in [-0.15, -0.1) is 12.4 Å². The number of para-hydroxylation sites is 1. The number of nitro benzene ring substituents is 1. The van der Waals surface area contributed by atoms with Crippen LogP contribution >= 0.6 is 24.0 Å². The molecule has 4 rings (SSSR count). The molecule has 0 aliphatic heterocycles. The highest BCUT2D eigenvalue weighted by atomic mass is 35.5. The standard InChI is InChI=1S/C22H20ClN7O3.ClH/c23-20-14-18(30(31)32)9-10-21(20)25-12-11-24-15-16-5-4-8-19(13-16)33-22-26-27-28-29(22)17-6-2-1-3-7-17;/h1-10,13-14,24-25H,11-12,15H2;1H. The van der Waals surface area contributed by atoms with Crippen LogP contribution in [0.25, 0.3) is 5.69 Å². The Kier molecular flexibility index (Phi) is 8.74. The van der Waals surface area contributed by atoms with Crippen LogP contribution in [0.15, 0.2) is 72.8 Å². The van der Waals surface area contributed by atoms with E-state index in [1.807, 2.05) is 54.6 Å². The lowest BCUT2D eigenvalue weighted by Gasteiger charge is -2.10. The van der Waals surface area contributed by atoms with E-state index in [4.69, 9.17) is 16.3 Å². The summed E-state index contributed by atoms with van der Waals surface area (Å²) in [5.74, 6) is 0.622. The SMILES string of the molecule is Cl.O=[N+]([O-])c1ccc(NCCNCc2cccc(Oc3nnnn3-c3ccccc3)c2)c(Cl)c1. The van der Waals surface area contributed by atoms with Crippen LogP contribution in [0.2, 0.25) is 5.02 Å². The van der Waals surface area contributed by atoms with E-state index in [2.05, 4.69) is 26.2 Å². The van der Waals surface area contributed by atoms with Gasteiger partial charge in [-0.05, 0) is 46.3 Å². The van der Waals surface area contributed by atoms with E-state index in [1.165, 1.54) is 16.8 Å². The third-order valence-corrected chi connectivity index (χ3v) is 4.97. The Morgan fingerprint density at radius 3 is 2.62 bits per heavy atom. The Labute approximate surface area is 206 Å². The molecular weight excluding hydrogens is 481 g/mol. The van der Waals surface area contributed by atoms with Gasteiger partial charge >= 0.3 is 6.01 Å². The first-order chi connectivity index (χ1) is 16.1. The van der Waals surface area contributed by atoms with Gasteiger partial charge in [0.1, 0.15) is 5.75 Å². The molecule has 0 fully saturated rings. The predicted octanol–water partition coefficient (Wildman–Crippen LogP) is 4.64. The molecule has 0 spiro atoms. The lowest BCUT2D eigenvalue weighted by Crippen LogP contribution is -2.21. The summed E-state index contributed by atoms with van der Waals surface area (Å²) >= 11 is 6.09. The number of ether oxygens (including phenoxy) is 1. The van der Waals surface area contributed by atoms with Crippen molar-refractivity contribution in [3.63, 3.8) is 0 Å². The number of nitrogens with zero attached hydrogens (tertiary/aromatic N) is 5. The fourth-order valence-corrected chi connectivity index (χ4v) is 3.32. The van der Waals surface area contributed by atoms with E-state index in [1.54, 1.807) is 6.07 Å². The van der Waals surface area contributed by atoms with Crippen LogP contribution in [0.1, 0.15) is 5.56 Å². The van der Waals surface area contributed by atoms with Gasteiger partial charge in [-0.25, -0.2) is 0 Å². The second kappa shape index (κ2) is 11.9. The van der Waals surface area contributed by atoms with Crippen LogP contribution < -0.4 is 15.4 Å². The lowest BCUT2D eigenvalue weighted by molar-refractivity contribution is -0.384. The maximum Gasteiger partial charge on any atom is 0.345 e. The van der Waals surface area contributed by atoms with Gasteiger partial charge in [-0.2, -0.15) is 4.68 Å². The summed E-state index contributed by atoms with van der Waals surface area (Å²) in [4.78, 5) is 10.3. The Morgan fingerprint density at radius 2 is 1.85 bits per heavy atom. The summed E-state index contributed by atoms with van der Waals surface area (Å²) in [6.45, 7) is 1.88. The summed E-state index contributed by atoms with van der Waals surface area (Å²) in [5, 5.41) is 29.3. The van der Waals surface area contributed by atoms with Crippen molar-refractivity contribution in [2.75, 3.05) is 18.4 Å². The van der Waals surface area contributed by atoms with Crippen LogP contribution in [0.4, 0.5) is 11.4 Å². The largest absolute Gasteiger partial charge is 0.423 e. The number of rotatable bonds is 10. The van der Waals surface area contributed by atoms with E-state index in [0.29, 0.717) is 36.1 Å². The van der Waals surface area contributed by atoms with Crippen molar-refractivity contribution in [2.24, 2.45) is 0 Å². The highest BCUT2D eigenvalue weighted by Gasteiger charge is 2.11. The molecule has 0 bridgehead atoms. The maximum absolute atomic E-state index is 10.8. The summed E-state index contributed by atoms with van der Waals surface area (Å²) in [6.07, 6.45) is 0. The average molecular weight is 502 g/mol. The predicted molar refractivity (Wildman–Crippen MR) is 131 cm³/mol. The zero-order valence-electron chi connectivity index (χ0n) is 17.8. The average Bonchev–Trinajstić information content (AvgIpc) is 3.28. The minimum Gasteiger partial charge on any atom is -0.423 e. The molecule has 10 nitrogen and oxygen atoms in total. The third kappa shape index (κ3) is 6.41. The highest BCUT2D eigenvalue weighted by molar-refractivity contribution is 6.33. The van der Waals surface area contributed by atoms with E-state index < -0.39 is 4.92 Å². The zero-order chi connectivity index (χ0) is 23.0. The Bertz CT molecular complexity index is 1240. The van der Waals surface area contributed by atoms with Crippen molar-refractivity contribution >= 4 is 35.4 Å². The second-order valence-electron chi connectivity index (χ2n) is 6.98. The third-order valence-electron chi connectivity index (χ3n) is 4.66. The number of nitrogens with one attached hydrogen (secondary N) is 2. The van der Waals surface area contributed by atoms with Crippen LogP contribution in [-0.2, 0) is 6.54 Å². The summed E-state index contributed by atoms with van der Waals surface area (Å²) in [6, 6.07) is 21.8. The molecule has 0 saturated heterocycles. The van der Waals surface area contributed by atoms with Gasteiger partial charge in [-0.1, -0.05) is 47.0 Å². The molecule has 0 aliphatic carbocycles. The quantitative estimate of drug-likeness (QED) is 0.183. The molecule has 34 heavy (non-hydrogen) atoms. The highest BCUT2D eigenvalue weighted by Crippen LogP contribution is 2.26. The maximum atomic E-state index is 10.8. The first-order valence-corrected chi connectivity index (χ1v) is 10.5. The molecule has 0 unspecified atom stereocenters. The molecule has 2 N–H and O–H groups in total. The number of hydrogen-bond donors (Lipinski definition) is 2. The number of anilines is 1. The minimum atomic E-state index is -0.475.